The second-order valence-corrected chi connectivity index (χ2v) is 4.67. The predicted molar refractivity (Wildman–Crippen MR) is 77.3 cm³/mol. The highest BCUT2D eigenvalue weighted by Crippen LogP contribution is 2.05. The average Bonchev–Trinajstić information content (AvgIpc) is 2.41. The molecular formula is C17H24O. The summed E-state index contributed by atoms with van der Waals surface area (Å²) in [5.74, 6) is 6.02. The Labute approximate surface area is 111 Å². The van der Waals surface area contributed by atoms with Crippen LogP contribution in [0, 0.1) is 11.8 Å². The maximum absolute atomic E-state index is 9.74. The van der Waals surface area contributed by atoms with E-state index in [0.29, 0.717) is 0 Å². The van der Waals surface area contributed by atoms with Crippen molar-refractivity contribution in [3.8, 4) is 11.8 Å². The van der Waals surface area contributed by atoms with E-state index in [2.05, 4.69) is 30.9 Å². The molecule has 1 aromatic rings. The van der Waals surface area contributed by atoms with Gasteiger partial charge in [-0.05, 0) is 24.8 Å². The number of hydrogen-bond donors (Lipinski definition) is 1. The van der Waals surface area contributed by atoms with Gasteiger partial charge in [-0.2, -0.15) is 0 Å². The minimum absolute atomic E-state index is 0.476. The van der Waals surface area contributed by atoms with E-state index in [-0.39, 0.29) is 0 Å². The first kappa shape index (κ1) is 14.8. The van der Waals surface area contributed by atoms with Gasteiger partial charge in [0.1, 0.15) is 6.10 Å². The van der Waals surface area contributed by atoms with Crippen molar-refractivity contribution in [2.75, 3.05) is 0 Å². The Hall–Kier alpha value is -1.26. The van der Waals surface area contributed by atoms with Crippen LogP contribution in [0.1, 0.15) is 51.0 Å². The van der Waals surface area contributed by atoms with Crippen LogP contribution >= 0.6 is 0 Å². The van der Waals surface area contributed by atoms with Crippen LogP contribution in [0.5, 0.6) is 0 Å². The third-order valence-electron chi connectivity index (χ3n) is 2.97. The first-order chi connectivity index (χ1) is 8.83. The van der Waals surface area contributed by atoms with Gasteiger partial charge in [0.15, 0.2) is 0 Å². The van der Waals surface area contributed by atoms with Crippen molar-refractivity contribution in [1.82, 2.24) is 0 Å². The molecule has 1 heteroatoms. The lowest BCUT2D eigenvalue weighted by atomic mass is 10.1. The normalized spacial score (nSPS) is 11.7. The molecule has 0 aliphatic carbocycles. The SMILES string of the molecule is CCCCCCC#C[C@@H](O)CCc1ccccc1. The predicted octanol–water partition coefficient (Wildman–Crippen LogP) is 3.95. The molecule has 0 aromatic heterocycles. The van der Waals surface area contributed by atoms with E-state index in [1.165, 1.54) is 24.8 Å². The van der Waals surface area contributed by atoms with E-state index in [4.69, 9.17) is 0 Å². The Kier molecular flexibility index (Phi) is 8.01. The molecule has 0 amide bonds. The highest BCUT2D eigenvalue weighted by atomic mass is 16.3. The molecule has 0 unspecified atom stereocenters. The molecule has 1 atom stereocenters. The molecule has 98 valence electrons. The van der Waals surface area contributed by atoms with Gasteiger partial charge in [-0.1, -0.05) is 62.4 Å². The summed E-state index contributed by atoms with van der Waals surface area (Å²) in [7, 11) is 0. The number of unbranched alkanes of at least 4 members (excludes halogenated alkanes) is 4. The van der Waals surface area contributed by atoms with Gasteiger partial charge in [0.2, 0.25) is 0 Å². The summed E-state index contributed by atoms with van der Waals surface area (Å²) in [5, 5.41) is 9.74. The lowest BCUT2D eigenvalue weighted by Gasteiger charge is -2.03. The van der Waals surface area contributed by atoms with Crippen LogP contribution in [-0.4, -0.2) is 11.2 Å². The van der Waals surface area contributed by atoms with Gasteiger partial charge in [-0.15, -0.1) is 5.92 Å². The summed E-state index contributed by atoms with van der Waals surface area (Å²) >= 11 is 0. The van der Waals surface area contributed by atoms with Crippen LogP contribution in [0.15, 0.2) is 30.3 Å². The van der Waals surface area contributed by atoms with Crippen LogP contribution in [0.2, 0.25) is 0 Å². The molecule has 0 aliphatic heterocycles. The first-order valence-electron chi connectivity index (χ1n) is 7.03. The lowest BCUT2D eigenvalue weighted by Crippen LogP contribution is -2.04. The van der Waals surface area contributed by atoms with E-state index >= 15 is 0 Å². The number of rotatable bonds is 7. The molecule has 0 saturated heterocycles. The molecule has 1 aromatic carbocycles. The summed E-state index contributed by atoms with van der Waals surface area (Å²) in [6.07, 6.45) is 7.03. The second kappa shape index (κ2) is 9.74. The van der Waals surface area contributed by atoms with E-state index in [9.17, 15) is 5.11 Å². The summed E-state index contributed by atoms with van der Waals surface area (Å²) in [6, 6.07) is 10.2. The van der Waals surface area contributed by atoms with E-state index in [1.807, 2.05) is 18.2 Å². The molecule has 0 spiro atoms. The molecule has 0 aliphatic rings. The minimum Gasteiger partial charge on any atom is -0.380 e. The maximum atomic E-state index is 9.74. The molecule has 0 saturated carbocycles. The molecule has 0 fully saturated rings. The Morgan fingerprint density at radius 3 is 2.61 bits per heavy atom. The van der Waals surface area contributed by atoms with Crippen LogP contribution < -0.4 is 0 Å². The van der Waals surface area contributed by atoms with Gasteiger partial charge in [0.25, 0.3) is 0 Å². The van der Waals surface area contributed by atoms with Gasteiger partial charge < -0.3 is 5.11 Å². The zero-order chi connectivity index (χ0) is 13.1. The maximum Gasteiger partial charge on any atom is 0.115 e. The quantitative estimate of drug-likeness (QED) is 0.568. The van der Waals surface area contributed by atoms with Crippen molar-refractivity contribution in [2.45, 2.75) is 58.0 Å². The standard InChI is InChI=1S/C17H24O/c1-2-3-4-5-6-10-13-17(18)15-14-16-11-8-7-9-12-16/h7-9,11-12,17-18H,2-6,14-15H2,1H3/t17-/m1/s1. The number of aliphatic hydroxyl groups is 1. The minimum atomic E-state index is -0.476. The Morgan fingerprint density at radius 1 is 1.11 bits per heavy atom. The molecule has 1 N–H and O–H groups in total. The smallest absolute Gasteiger partial charge is 0.115 e. The van der Waals surface area contributed by atoms with Crippen LogP contribution in [0.4, 0.5) is 0 Å². The fourth-order valence-corrected chi connectivity index (χ4v) is 1.85. The van der Waals surface area contributed by atoms with E-state index in [0.717, 1.165) is 25.7 Å². The Balaban J connectivity index is 2.13. The van der Waals surface area contributed by atoms with Crippen molar-refractivity contribution in [3.05, 3.63) is 35.9 Å². The van der Waals surface area contributed by atoms with Gasteiger partial charge in [-0.25, -0.2) is 0 Å². The van der Waals surface area contributed by atoms with Crippen molar-refractivity contribution in [3.63, 3.8) is 0 Å². The van der Waals surface area contributed by atoms with Crippen molar-refractivity contribution in [1.29, 1.82) is 0 Å². The number of hydrogen-bond acceptors (Lipinski definition) is 1. The van der Waals surface area contributed by atoms with Gasteiger partial charge >= 0.3 is 0 Å². The Morgan fingerprint density at radius 2 is 1.89 bits per heavy atom. The van der Waals surface area contributed by atoms with E-state index < -0.39 is 6.10 Å². The second-order valence-electron chi connectivity index (χ2n) is 4.67. The summed E-state index contributed by atoms with van der Waals surface area (Å²) < 4.78 is 0. The molecule has 1 nitrogen and oxygen atoms in total. The summed E-state index contributed by atoms with van der Waals surface area (Å²) in [6.45, 7) is 2.21. The zero-order valence-electron chi connectivity index (χ0n) is 11.4. The molecular weight excluding hydrogens is 220 g/mol. The highest BCUT2D eigenvalue weighted by molar-refractivity contribution is 5.15. The molecule has 18 heavy (non-hydrogen) atoms. The average molecular weight is 244 g/mol. The fourth-order valence-electron chi connectivity index (χ4n) is 1.85. The topological polar surface area (TPSA) is 20.2 Å². The van der Waals surface area contributed by atoms with Gasteiger partial charge in [-0.3, -0.25) is 0 Å². The van der Waals surface area contributed by atoms with Gasteiger partial charge in [0.05, 0.1) is 0 Å². The van der Waals surface area contributed by atoms with Crippen molar-refractivity contribution in [2.24, 2.45) is 0 Å². The number of aryl methyl sites for hydroxylation is 1. The molecule has 0 radical (unpaired) electrons. The molecule has 0 heterocycles. The van der Waals surface area contributed by atoms with Crippen molar-refractivity contribution >= 4 is 0 Å². The largest absolute Gasteiger partial charge is 0.380 e. The van der Waals surface area contributed by atoms with Crippen LogP contribution in [-0.2, 0) is 6.42 Å². The third kappa shape index (κ3) is 7.14. The Bertz CT molecular complexity index is 358. The first-order valence-corrected chi connectivity index (χ1v) is 7.03. The van der Waals surface area contributed by atoms with Crippen LogP contribution in [0.3, 0.4) is 0 Å². The van der Waals surface area contributed by atoms with Gasteiger partial charge in [0, 0.05) is 6.42 Å². The molecule has 0 bridgehead atoms. The van der Waals surface area contributed by atoms with Crippen molar-refractivity contribution < 1.29 is 5.11 Å². The lowest BCUT2D eigenvalue weighted by molar-refractivity contribution is 0.222. The third-order valence-corrected chi connectivity index (χ3v) is 2.97. The van der Waals surface area contributed by atoms with E-state index in [1.54, 1.807) is 0 Å². The summed E-state index contributed by atoms with van der Waals surface area (Å²) in [4.78, 5) is 0. The number of benzene rings is 1. The highest BCUT2D eigenvalue weighted by Gasteiger charge is 1.99. The summed E-state index contributed by atoms with van der Waals surface area (Å²) in [5.41, 5.74) is 1.27. The van der Waals surface area contributed by atoms with Crippen LogP contribution in [0.25, 0.3) is 0 Å². The fraction of sp³-hybridized carbons (Fsp3) is 0.529. The monoisotopic (exact) mass is 244 g/mol. The molecule has 1 rings (SSSR count). The zero-order valence-corrected chi connectivity index (χ0v) is 11.4. The number of aliphatic hydroxyl groups excluding tert-OH is 1.